The zero-order valence-electron chi connectivity index (χ0n) is 12.9. The van der Waals surface area contributed by atoms with Gasteiger partial charge in [0.1, 0.15) is 0 Å². The summed E-state index contributed by atoms with van der Waals surface area (Å²) in [7, 11) is 0. The molecule has 1 fully saturated rings. The highest BCUT2D eigenvalue weighted by atomic mass is 16.4. The van der Waals surface area contributed by atoms with Gasteiger partial charge < -0.3 is 15.7 Å². The van der Waals surface area contributed by atoms with Crippen molar-refractivity contribution in [1.29, 1.82) is 0 Å². The van der Waals surface area contributed by atoms with Gasteiger partial charge in [-0.2, -0.15) is 0 Å². The van der Waals surface area contributed by atoms with Crippen LogP contribution >= 0.6 is 0 Å². The van der Waals surface area contributed by atoms with Crippen LogP contribution in [0, 0.1) is 10.8 Å². The Balaban J connectivity index is 1.84. The molecule has 0 spiro atoms. The maximum Gasteiger partial charge on any atom is 0.335 e. The second-order valence-corrected chi connectivity index (χ2v) is 6.71. The number of aromatic carboxylic acids is 1. The molecule has 2 amide bonds. The molecule has 1 aromatic rings. The van der Waals surface area contributed by atoms with Gasteiger partial charge in [0.2, 0.25) is 0 Å². The van der Waals surface area contributed by atoms with Gasteiger partial charge in [-0.3, -0.25) is 0 Å². The van der Waals surface area contributed by atoms with Gasteiger partial charge in [-0.25, -0.2) is 9.59 Å². The molecule has 0 radical (unpaired) electrons. The minimum atomic E-state index is -0.953. The average molecular weight is 290 g/mol. The molecule has 0 saturated heterocycles. The first-order valence-corrected chi connectivity index (χ1v) is 7.03. The molecule has 5 heteroatoms. The van der Waals surface area contributed by atoms with Crippen molar-refractivity contribution in [3.8, 4) is 0 Å². The lowest BCUT2D eigenvalue weighted by atomic mass is 10.0. The van der Waals surface area contributed by atoms with E-state index in [1.807, 2.05) is 0 Å². The standard InChI is InChI=1S/C16H22N2O3/c1-15(2)13(16(15,3)4)18-14(21)17-9-10-5-7-11(8-6-10)12(19)20/h5-8,13H,9H2,1-4H3,(H,19,20)(H2,17,18,21). The molecule has 2 rings (SSSR count). The molecule has 0 bridgehead atoms. The van der Waals surface area contributed by atoms with Crippen molar-refractivity contribution < 1.29 is 14.7 Å². The van der Waals surface area contributed by atoms with Gasteiger partial charge in [-0.15, -0.1) is 0 Å². The number of carbonyl (C=O) groups excluding carboxylic acids is 1. The summed E-state index contributed by atoms with van der Waals surface area (Å²) < 4.78 is 0. The molecule has 0 unspecified atom stereocenters. The van der Waals surface area contributed by atoms with Gasteiger partial charge in [0.25, 0.3) is 0 Å². The van der Waals surface area contributed by atoms with Crippen molar-refractivity contribution in [2.75, 3.05) is 0 Å². The highest BCUT2D eigenvalue weighted by molar-refractivity contribution is 5.87. The number of nitrogens with one attached hydrogen (secondary N) is 2. The Morgan fingerprint density at radius 3 is 2.05 bits per heavy atom. The Labute approximate surface area is 124 Å². The summed E-state index contributed by atoms with van der Waals surface area (Å²) in [5.74, 6) is -0.953. The number of benzene rings is 1. The summed E-state index contributed by atoms with van der Waals surface area (Å²) in [6.45, 7) is 8.94. The number of carboxylic acid groups (broad SMARTS) is 1. The van der Waals surface area contributed by atoms with Gasteiger partial charge in [-0.1, -0.05) is 39.8 Å². The van der Waals surface area contributed by atoms with Crippen molar-refractivity contribution >= 4 is 12.0 Å². The third kappa shape index (κ3) is 2.86. The van der Waals surface area contributed by atoms with Crippen LogP contribution in [0.4, 0.5) is 4.79 Å². The van der Waals surface area contributed by atoms with Gasteiger partial charge in [0, 0.05) is 12.6 Å². The fourth-order valence-corrected chi connectivity index (χ4v) is 2.69. The molecule has 0 atom stereocenters. The Morgan fingerprint density at radius 1 is 1.10 bits per heavy atom. The molecule has 1 aliphatic rings. The van der Waals surface area contributed by atoms with Crippen molar-refractivity contribution in [2.24, 2.45) is 10.8 Å². The second kappa shape index (κ2) is 5.06. The van der Waals surface area contributed by atoms with Crippen LogP contribution in [0.3, 0.4) is 0 Å². The molecule has 0 aromatic heterocycles. The van der Waals surface area contributed by atoms with Crippen LogP contribution in [0.15, 0.2) is 24.3 Å². The molecule has 1 aliphatic carbocycles. The van der Waals surface area contributed by atoms with Crippen LogP contribution < -0.4 is 10.6 Å². The van der Waals surface area contributed by atoms with E-state index in [9.17, 15) is 9.59 Å². The first-order chi connectivity index (χ1) is 9.66. The van der Waals surface area contributed by atoms with E-state index in [0.717, 1.165) is 5.56 Å². The normalized spacial score (nSPS) is 18.9. The molecule has 1 saturated carbocycles. The summed E-state index contributed by atoms with van der Waals surface area (Å²) in [5.41, 5.74) is 1.31. The number of carbonyl (C=O) groups is 2. The average Bonchev–Trinajstić information content (AvgIpc) is 2.79. The summed E-state index contributed by atoms with van der Waals surface area (Å²) in [6, 6.07) is 6.44. The maximum atomic E-state index is 11.9. The Bertz CT molecular complexity index is 547. The Morgan fingerprint density at radius 2 is 1.62 bits per heavy atom. The summed E-state index contributed by atoms with van der Waals surface area (Å²) in [4.78, 5) is 22.6. The smallest absolute Gasteiger partial charge is 0.335 e. The van der Waals surface area contributed by atoms with Gasteiger partial charge >= 0.3 is 12.0 Å². The van der Waals surface area contributed by atoms with Crippen molar-refractivity contribution in [3.05, 3.63) is 35.4 Å². The van der Waals surface area contributed by atoms with Crippen LogP contribution in [-0.4, -0.2) is 23.1 Å². The third-order valence-corrected chi connectivity index (χ3v) is 4.95. The van der Waals surface area contributed by atoms with Crippen LogP contribution in [0.2, 0.25) is 0 Å². The molecule has 1 aromatic carbocycles. The summed E-state index contributed by atoms with van der Waals surface area (Å²) in [6.07, 6.45) is 0. The number of rotatable bonds is 4. The third-order valence-electron chi connectivity index (χ3n) is 4.95. The monoisotopic (exact) mass is 290 g/mol. The Hall–Kier alpha value is -2.04. The minimum Gasteiger partial charge on any atom is -0.478 e. The summed E-state index contributed by atoms with van der Waals surface area (Å²) in [5, 5.41) is 14.6. The van der Waals surface area contributed by atoms with Crippen molar-refractivity contribution in [1.82, 2.24) is 10.6 Å². The highest BCUT2D eigenvalue weighted by Gasteiger charge is 2.65. The van der Waals surface area contributed by atoms with Crippen LogP contribution in [0.1, 0.15) is 43.6 Å². The number of urea groups is 1. The van der Waals surface area contributed by atoms with Crippen LogP contribution in [-0.2, 0) is 6.54 Å². The van der Waals surface area contributed by atoms with Crippen LogP contribution in [0.5, 0.6) is 0 Å². The maximum absolute atomic E-state index is 11.9. The van der Waals surface area contributed by atoms with Gasteiger partial charge in [0.05, 0.1) is 5.56 Å². The van der Waals surface area contributed by atoms with Gasteiger partial charge in [-0.05, 0) is 28.5 Å². The van der Waals surface area contributed by atoms with E-state index in [2.05, 4.69) is 38.3 Å². The quantitative estimate of drug-likeness (QED) is 0.797. The van der Waals surface area contributed by atoms with Crippen molar-refractivity contribution in [3.63, 3.8) is 0 Å². The first-order valence-electron chi connectivity index (χ1n) is 7.03. The van der Waals surface area contributed by atoms with Crippen LogP contribution in [0.25, 0.3) is 0 Å². The lowest BCUT2D eigenvalue weighted by molar-refractivity contribution is 0.0697. The predicted molar refractivity (Wildman–Crippen MR) is 80.1 cm³/mol. The fraction of sp³-hybridized carbons (Fsp3) is 0.500. The Kier molecular flexibility index (Phi) is 3.70. The van der Waals surface area contributed by atoms with Gasteiger partial charge in [0.15, 0.2) is 0 Å². The SMILES string of the molecule is CC1(C)C(NC(=O)NCc2ccc(C(=O)O)cc2)C1(C)C. The van der Waals surface area contributed by atoms with E-state index in [-0.39, 0.29) is 28.5 Å². The number of carboxylic acids is 1. The zero-order valence-corrected chi connectivity index (χ0v) is 12.9. The highest BCUT2D eigenvalue weighted by Crippen LogP contribution is 2.62. The number of hydrogen-bond donors (Lipinski definition) is 3. The first kappa shape index (κ1) is 15.4. The lowest BCUT2D eigenvalue weighted by Gasteiger charge is -2.09. The van der Waals surface area contributed by atoms with E-state index < -0.39 is 5.97 Å². The molecule has 114 valence electrons. The minimum absolute atomic E-state index is 0.105. The molecule has 0 aliphatic heterocycles. The van der Waals surface area contributed by atoms with Crippen molar-refractivity contribution in [2.45, 2.75) is 40.3 Å². The van der Waals surface area contributed by atoms with E-state index in [1.165, 1.54) is 12.1 Å². The van der Waals surface area contributed by atoms with E-state index in [0.29, 0.717) is 6.54 Å². The number of hydrogen-bond acceptors (Lipinski definition) is 2. The molecule has 5 nitrogen and oxygen atoms in total. The second-order valence-electron chi connectivity index (χ2n) is 6.71. The van der Waals surface area contributed by atoms with E-state index in [4.69, 9.17) is 5.11 Å². The van der Waals surface area contributed by atoms with E-state index in [1.54, 1.807) is 12.1 Å². The largest absolute Gasteiger partial charge is 0.478 e. The zero-order chi connectivity index (χ0) is 15.8. The fourth-order valence-electron chi connectivity index (χ4n) is 2.69. The molecule has 3 N–H and O–H groups in total. The number of amides is 2. The molecular weight excluding hydrogens is 268 g/mol. The summed E-state index contributed by atoms with van der Waals surface area (Å²) >= 11 is 0. The molecular formula is C16H22N2O3. The topological polar surface area (TPSA) is 78.4 Å². The lowest BCUT2D eigenvalue weighted by Crippen LogP contribution is -2.38. The molecule has 0 heterocycles. The molecule has 21 heavy (non-hydrogen) atoms. The predicted octanol–water partition coefficient (Wildman–Crippen LogP) is 2.62. The van der Waals surface area contributed by atoms with E-state index >= 15 is 0 Å².